The van der Waals surface area contributed by atoms with Crippen LogP contribution < -0.4 is 14.8 Å². The average Bonchev–Trinajstić information content (AvgIpc) is 3.17. The Labute approximate surface area is 161 Å². The highest BCUT2D eigenvalue weighted by Crippen LogP contribution is 2.32. The summed E-state index contributed by atoms with van der Waals surface area (Å²) < 4.78 is 10.9. The van der Waals surface area contributed by atoms with Gasteiger partial charge in [-0.15, -0.1) is 0 Å². The number of nitrogens with one attached hydrogen (secondary N) is 1. The summed E-state index contributed by atoms with van der Waals surface area (Å²) in [6, 6.07) is 18.1. The SMILES string of the molecule is COc1ccc([C@H]2CCCN2CCNC(=O)[C@@H](C)Oc2ccccc2)cc1. The first kappa shape index (κ1) is 19.2. The second-order valence-corrected chi connectivity index (χ2v) is 6.83. The number of carbonyl (C=O) groups excluding carboxylic acids is 1. The van der Waals surface area contributed by atoms with Gasteiger partial charge in [0.1, 0.15) is 11.5 Å². The Morgan fingerprint density at radius 1 is 1.15 bits per heavy atom. The molecule has 27 heavy (non-hydrogen) atoms. The van der Waals surface area contributed by atoms with Crippen LogP contribution in [0.2, 0.25) is 0 Å². The molecule has 5 heteroatoms. The molecule has 0 spiro atoms. The first-order chi connectivity index (χ1) is 13.2. The van der Waals surface area contributed by atoms with Crippen LogP contribution in [0.3, 0.4) is 0 Å². The lowest BCUT2D eigenvalue weighted by atomic mass is 10.0. The number of amides is 1. The van der Waals surface area contributed by atoms with Gasteiger partial charge in [-0.05, 0) is 56.1 Å². The van der Waals surface area contributed by atoms with Crippen molar-refractivity contribution in [2.45, 2.75) is 31.9 Å². The molecule has 0 bridgehead atoms. The summed E-state index contributed by atoms with van der Waals surface area (Å²) in [6.07, 6.45) is 1.81. The molecule has 144 valence electrons. The van der Waals surface area contributed by atoms with Crippen LogP contribution in [-0.4, -0.2) is 43.7 Å². The molecule has 5 nitrogen and oxygen atoms in total. The fourth-order valence-electron chi connectivity index (χ4n) is 3.52. The minimum Gasteiger partial charge on any atom is -0.497 e. The van der Waals surface area contributed by atoms with Crippen molar-refractivity contribution in [2.24, 2.45) is 0 Å². The lowest BCUT2D eigenvalue weighted by Crippen LogP contribution is -2.40. The summed E-state index contributed by atoms with van der Waals surface area (Å²) in [5, 5.41) is 2.99. The maximum atomic E-state index is 12.3. The van der Waals surface area contributed by atoms with E-state index >= 15 is 0 Å². The quantitative estimate of drug-likeness (QED) is 0.776. The zero-order valence-electron chi connectivity index (χ0n) is 16.1. The Bertz CT molecular complexity index is 718. The maximum Gasteiger partial charge on any atom is 0.260 e. The predicted octanol–water partition coefficient (Wildman–Crippen LogP) is 3.42. The van der Waals surface area contributed by atoms with Crippen molar-refractivity contribution in [1.82, 2.24) is 10.2 Å². The number of hydrogen-bond acceptors (Lipinski definition) is 4. The van der Waals surface area contributed by atoms with Crippen molar-refractivity contribution in [3.63, 3.8) is 0 Å². The van der Waals surface area contributed by atoms with Crippen LogP contribution in [0.1, 0.15) is 31.4 Å². The predicted molar refractivity (Wildman–Crippen MR) is 106 cm³/mol. The average molecular weight is 368 g/mol. The number of likely N-dealkylation sites (tertiary alicyclic amines) is 1. The van der Waals surface area contributed by atoms with Gasteiger partial charge in [0.25, 0.3) is 5.91 Å². The minimum absolute atomic E-state index is 0.0842. The summed E-state index contributed by atoms with van der Waals surface area (Å²) in [5.74, 6) is 1.50. The van der Waals surface area contributed by atoms with E-state index in [9.17, 15) is 4.79 Å². The molecule has 3 rings (SSSR count). The van der Waals surface area contributed by atoms with Gasteiger partial charge in [0.15, 0.2) is 6.10 Å². The Hall–Kier alpha value is -2.53. The molecule has 0 unspecified atom stereocenters. The lowest BCUT2D eigenvalue weighted by molar-refractivity contribution is -0.127. The smallest absolute Gasteiger partial charge is 0.260 e. The van der Waals surface area contributed by atoms with Crippen molar-refractivity contribution >= 4 is 5.91 Å². The summed E-state index contributed by atoms with van der Waals surface area (Å²) in [5.41, 5.74) is 1.31. The van der Waals surface area contributed by atoms with Crippen molar-refractivity contribution < 1.29 is 14.3 Å². The molecular formula is C22H28N2O3. The Kier molecular flexibility index (Phi) is 6.71. The highest BCUT2D eigenvalue weighted by Gasteiger charge is 2.25. The van der Waals surface area contributed by atoms with Crippen molar-refractivity contribution in [1.29, 1.82) is 0 Å². The standard InChI is InChI=1S/C22H28N2O3/c1-17(27-20-7-4-3-5-8-20)22(25)23-14-16-24-15-6-9-21(24)18-10-12-19(26-2)13-11-18/h3-5,7-8,10-13,17,21H,6,9,14-16H2,1-2H3,(H,23,25)/t17-,21-/m1/s1. The number of methoxy groups -OCH3 is 1. The Balaban J connectivity index is 1.46. The molecule has 0 aliphatic carbocycles. The molecule has 1 amide bonds. The minimum atomic E-state index is -0.511. The van der Waals surface area contributed by atoms with Gasteiger partial charge < -0.3 is 14.8 Å². The van der Waals surface area contributed by atoms with Gasteiger partial charge in [0.05, 0.1) is 7.11 Å². The third-order valence-corrected chi connectivity index (χ3v) is 4.99. The molecule has 2 aromatic carbocycles. The Morgan fingerprint density at radius 3 is 2.59 bits per heavy atom. The third-order valence-electron chi connectivity index (χ3n) is 4.99. The third kappa shape index (κ3) is 5.23. The molecule has 0 saturated carbocycles. The van der Waals surface area contributed by atoms with E-state index < -0.39 is 6.10 Å². The molecular weight excluding hydrogens is 340 g/mol. The van der Waals surface area contributed by atoms with Crippen molar-refractivity contribution in [2.75, 3.05) is 26.7 Å². The fourth-order valence-corrected chi connectivity index (χ4v) is 3.52. The number of rotatable bonds is 8. The lowest BCUT2D eigenvalue weighted by Gasteiger charge is -2.25. The van der Waals surface area contributed by atoms with Gasteiger partial charge in [-0.1, -0.05) is 30.3 Å². The summed E-state index contributed by atoms with van der Waals surface area (Å²) in [7, 11) is 1.68. The number of hydrogen-bond donors (Lipinski definition) is 1. The van der Waals surface area contributed by atoms with E-state index in [0.29, 0.717) is 18.3 Å². The number of benzene rings is 2. The van der Waals surface area contributed by atoms with Crippen molar-refractivity contribution in [3.8, 4) is 11.5 Å². The molecule has 2 atom stereocenters. The number of para-hydroxylation sites is 1. The van der Waals surface area contributed by atoms with Crippen LogP contribution in [0.4, 0.5) is 0 Å². The van der Waals surface area contributed by atoms with Crippen LogP contribution in [-0.2, 0) is 4.79 Å². The van der Waals surface area contributed by atoms with Crippen LogP contribution in [0.5, 0.6) is 11.5 Å². The first-order valence-corrected chi connectivity index (χ1v) is 9.55. The first-order valence-electron chi connectivity index (χ1n) is 9.55. The molecule has 1 N–H and O–H groups in total. The van der Waals surface area contributed by atoms with Gasteiger partial charge in [-0.3, -0.25) is 9.69 Å². The molecule has 0 radical (unpaired) electrons. The fraction of sp³-hybridized carbons (Fsp3) is 0.409. The van der Waals surface area contributed by atoms with Gasteiger partial charge in [-0.25, -0.2) is 0 Å². The van der Waals surface area contributed by atoms with Crippen molar-refractivity contribution in [3.05, 3.63) is 60.2 Å². The van der Waals surface area contributed by atoms with Crippen LogP contribution in [0.25, 0.3) is 0 Å². The second-order valence-electron chi connectivity index (χ2n) is 6.83. The van der Waals surface area contributed by atoms with Crippen LogP contribution in [0.15, 0.2) is 54.6 Å². The zero-order chi connectivity index (χ0) is 19.1. The van der Waals surface area contributed by atoms with E-state index in [1.165, 1.54) is 12.0 Å². The van der Waals surface area contributed by atoms with E-state index in [-0.39, 0.29) is 5.91 Å². The maximum absolute atomic E-state index is 12.3. The number of ether oxygens (including phenoxy) is 2. The van der Waals surface area contributed by atoms with Gasteiger partial charge >= 0.3 is 0 Å². The monoisotopic (exact) mass is 368 g/mol. The molecule has 1 aliphatic rings. The van der Waals surface area contributed by atoms with Gasteiger partial charge in [-0.2, -0.15) is 0 Å². The van der Waals surface area contributed by atoms with Gasteiger partial charge in [0, 0.05) is 19.1 Å². The number of carbonyl (C=O) groups is 1. The van der Waals surface area contributed by atoms with Crippen LogP contribution >= 0.6 is 0 Å². The van der Waals surface area contributed by atoms with E-state index in [0.717, 1.165) is 25.3 Å². The van der Waals surface area contributed by atoms with Crippen LogP contribution in [0, 0.1) is 0 Å². The molecule has 1 saturated heterocycles. The highest BCUT2D eigenvalue weighted by atomic mass is 16.5. The Morgan fingerprint density at radius 2 is 1.89 bits per heavy atom. The topological polar surface area (TPSA) is 50.8 Å². The highest BCUT2D eigenvalue weighted by molar-refractivity contribution is 5.80. The van der Waals surface area contributed by atoms with E-state index in [1.54, 1.807) is 14.0 Å². The summed E-state index contributed by atoms with van der Waals surface area (Å²) in [4.78, 5) is 14.7. The number of nitrogens with zero attached hydrogens (tertiary/aromatic N) is 1. The molecule has 1 fully saturated rings. The van der Waals surface area contributed by atoms with E-state index in [2.05, 4.69) is 22.3 Å². The second kappa shape index (κ2) is 9.42. The summed E-state index contributed by atoms with van der Waals surface area (Å²) in [6.45, 7) is 4.29. The van der Waals surface area contributed by atoms with E-state index in [4.69, 9.17) is 9.47 Å². The normalized spacial score (nSPS) is 18.1. The molecule has 1 heterocycles. The largest absolute Gasteiger partial charge is 0.497 e. The van der Waals surface area contributed by atoms with E-state index in [1.807, 2.05) is 42.5 Å². The molecule has 2 aromatic rings. The summed E-state index contributed by atoms with van der Waals surface area (Å²) >= 11 is 0. The van der Waals surface area contributed by atoms with Gasteiger partial charge in [0.2, 0.25) is 0 Å². The molecule has 1 aliphatic heterocycles. The zero-order valence-corrected chi connectivity index (χ0v) is 16.1. The molecule has 0 aromatic heterocycles.